The lowest BCUT2D eigenvalue weighted by molar-refractivity contribution is -0.337. The Balaban J connectivity index is 1.20. The summed E-state index contributed by atoms with van der Waals surface area (Å²) < 4.78 is 0. The Hall–Kier alpha value is -1.52. The van der Waals surface area contributed by atoms with Crippen LogP contribution in [0.1, 0.15) is 111 Å². The lowest BCUT2D eigenvalue weighted by atomic mass is 9.47. The van der Waals surface area contributed by atoms with Crippen LogP contribution in [0.4, 0.5) is 11.4 Å². The molecule has 0 spiro atoms. The van der Waals surface area contributed by atoms with Crippen LogP contribution in [-0.4, -0.2) is 6.10 Å². The second-order valence-electron chi connectivity index (χ2n) is 14.5. The van der Waals surface area contributed by atoms with Gasteiger partial charge in [-0.2, -0.15) is 0 Å². The van der Waals surface area contributed by atoms with E-state index >= 15 is 0 Å². The third kappa shape index (κ3) is 5.42. The van der Waals surface area contributed by atoms with Gasteiger partial charge in [0.2, 0.25) is 0 Å². The number of hydrogen-bond donors (Lipinski definition) is 2. The van der Waals surface area contributed by atoms with Crippen molar-refractivity contribution in [1.29, 1.82) is 0 Å². The Morgan fingerprint density at radius 1 is 0.921 bits per heavy atom. The molecule has 1 aromatic carbocycles. The molecular formula is C34H54N2O2. The number of fused-ring (bicyclic) bond motifs is 5. The maximum Gasteiger partial charge on any atom is 0.107 e. The van der Waals surface area contributed by atoms with E-state index in [2.05, 4.69) is 40.7 Å². The molecule has 0 radical (unpaired) electrons. The van der Waals surface area contributed by atoms with Crippen LogP contribution >= 0.6 is 0 Å². The van der Waals surface area contributed by atoms with E-state index in [0.29, 0.717) is 28.8 Å². The monoisotopic (exact) mass is 522 g/mol. The smallest absolute Gasteiger partial charge is 0.107 e. The van der Waals surface area contributed by atoms with Crippen molar-refractivity contribution in [3.63, 3.8) is 0 Å². The maximum absolute atomic E-state index is 5.95. The number of anilines is 2. The Kier molecular flexibility index (Phi) is 8.23. The molecule has 3 saturated carbocycles. The van der Waals surface area contributed by atoms with Crippen molar-refractivity contribution in [2.24, 2.45) is 46.3 Å². The summed E-state index contributed by atoms with van der Waals surface area (Å²) in [5, 5.41) is 0. The highest BCUT2D eigenvalue weighted by atomic mass is 17.2. The molecule has 4 aliphatic rings. The van der Waals surface area contributed by atoms with E-state index < -0.39 is 0 Å². The molecule has 4 aliphatic carbocycles. The van der Waals surface area contributed by atoms with Crippen molar-refractivity contribution in [3.05, 3.63) is 35.4 Å². The van der Waals surface area contributed by atoms with Crippen molar-refractivity contribution in [2.45, 2.75) is 118 Å². The molecule has 4 N–H and O–H groups in total. The number of nitrogens with two attached hydrogens (primary N) is 2. The minimum absolute atomic E-state index is 0.140. The number of hydrogen-bond acceptors (Lipinski definition) is 4. The van der Waals surface area contributed by atoms with Gasteiger partial charge in [0.15, 0.2) is 0 Å². The summed E-state index contributed by atoms with van der Waals surface area (Å²) in [6, 6.07) is 5.57. The second kappa shape index (κ2) is 11.2. The Bertz CT molecular complexity index is 984. The van der Waals surface area contributed by atoms with Crippen molar-refractivity contribution in [3.8, 4) is 0 Å². The summed E-state index contributed by atoms with van der Waals surface area (Å²) in [7, 11) is 0. The van der Waals surface area contributed by atoms with E-state index in [1.807, 2.05) is 12.1 Å². The first-order valence-corrected chi connectivity index (χ1v) is 15.7. The van der Waals surface area contributed by atoms with E-state index in [4.69, 9.17) is 21.2 Å². The van der Waals surface area contributed by atoms with E-state index in [1.165, 1.54) is 57.8 Å². The fourth-order valence-corrected chi connectivity index (χ4v) is 9.76. The van der Waals surface area contributed by atoms with Crippen molar-refractivity contribution < 1.29 is 9.78 Å². The molecule has 0 aromatic heterocycles. The van der Waals surface area contributed by atoms with Gasteiger partial charge in [-0.3, -0.25) is 0 Å². The van der Waals surface area contributed by atoms with Crippen LogP contribution in [0.25, 0.3) is 0 Å². The van der Waals surface area contributed by atoms with Crippen LogP contribution in [-0.2, 0) is 16.4 Å². The van der Waals surface area contributed by atoms with Crippen LogP contribution in [0.2, 0.25) is 0 Å². The summed E-state index contributed by atoms with van der Waals surface area (Å²) in [4.78, 5) is 11.6. The molecule has 3 fully saturated rings. The van der Waals surface area contributed by atoms with E-state index in [0.717, 1.165) is 53.9 Å². The van der Waals surface area contributed by atoms with Crippen LogP contribution in [0, 0.1) is 46.3 Å². The molecule has 4 heteroatoms. The molecule has 0 saturated heterocycles. The normalized spacial score (nSPS) is 37.3. The Morgan fingerprint density at radius 3 is 2.42 bits per heavy atom. The summed E-state index contributed by atoms with van der Waals surface area (Å²) in [6.07, 6.45) is 17.4. The summed E-state index contributed by atoms with van der Waals surface area (Å²) in [5.74, 6) is 5.27. The second-order valence-corrected chi connectivity index (χ2v) is 14.5. The first-order valence-electron chi connectivity index (χ1n) is 15.7. The van der Waals surface area contributed by atoms with Crippen LogP contribution in [0.3, 0.4) is 0 Å². The molecule has 0 bridgehead atoms. The van der Waals surface area contributed by atoms with Gasteiger partial charge in [-0.25, -0.2) is 9.78 Å². The SMILES string of the molecule is CC(C)CCC[C@@H](C)[C@H]1CC[C@H]2[C@@H]3CC=C4C[C@@H](OOCc5cc(N)cc(N)c5)CC[C@]4(C)[C@H]3CC[C@]12C. The van der Waals surface area contributed by atoms with Gasteiger partial charge in [0, 0.05) is 11.4 Å². The zero-order valence-electron chi connectivity index (χ0n) is 24.8. The quantitative estimate of drug-likeness (QED) is 0.147. The molecule has 212 valence electrons. The predicted molar refractivity (Wildman–Crippen MR) is 158 cm³/mol. The predicted octanol–water partition coefficient (Wildman–Crippen LogP) is 8.71. The molecule has 8 atom stereocenters. The lowest BCUT2D eigenvalue weighted by Gasteiger charge is -2.58. The maximum atomic E-state index is 5.95. The average molecular weight is 523 g/mol. The van der Waals surface area contributed by atoms with Crippen LogP contribution in [0.15, 0.2) is 29.8 Å². The van der Waals surface area contributed by atoms with Crippen molar-refractivity contribution in [1.82, 2.24) is 0 Å². The van der Waals surface area contributed by atoms with E-state index in [-0.39, 0.29) is 6.10 Å². The Morgan fingerprint density at radius 2 is 1.68 bits per heavy atom. The number of benzene rings is 1. The zero-order chi connectivity index (χ0) is 27.1. The minimum Gasteiger partial charge on any atom is -0.399 e. The van der Waals surface area contributed by atoms with Crippen molar-refractivity contribution in [2.75, 3.05) is 11.5 Å². The van der Waals surface area contributed by atoms with Crippen LogP contribution in [0.5, 0.6) is 0 Å². The molecule has 0 aliphatic heterocycles. The van der Waals surface area contributed by atoms with E-state index in [1.54, 1.807) is 11.6 Å². The van der Waals surface area contributed by atoms with Gasteiger partial charge < -0.3 is 11.5 Å². The first-order chi connectivity index (χ1) is 18.1. The standard InChI is InChI=1S/C34H54N2O2/c1-22(2)7-6-8-23(3)30-11-12-31-29-10-9-25-19-28(38-37-21-24-17-26(35)20-27(36)18-24)13-15-33(25,4)32(29)14-16-34(30,31)5/h9,17-18,20,22-23,28-32H,6-8,10-16,19,21,35-36H2,1-5H3/t23-,28+,29+,30-,31+,32+,33+,34-/m1/s1. The number of rotatable bonds is 9. The molecule has 5 rings (SSSR count). The van der Waals surface area contributed by atoms with Crippen molar-refractivity contribution >= 4 is 11.4 Å². The number of nitrogen functional groups attached to an aromatic ring is 2. The van der Waals surface area contributed by atoms with Gasteiger partial charge in [0.1, 0.15) is 6.61 Å². The molecule has 0 heterocycles. The van der Waals surface area contributed by atoms with Gasteiger partial charge in [0.25, 0.3) is 0 Å². The largest absolute Gasteiger partial charge is 0.399 e. The molecule has 0 unspecified atom stereocenters. The lowest BCUT2D eigenvalue weighted by Crippen LogP contribution is -2.51. The average Bonchev–Trinajstić information content (AvgIpc) is 3.20. The highest BCUT2D eigenvalue weighted by Crippen LogP contribution is 2.67. The fraction of sp³-hybridized carbons (Fsp3) is 0.765. The minimum atomic E-state index is 0.140. The molecular weight excluding hydrogens is 468 g/mol. The number of allylic oxidation sites excluding steroid dienone is 1. The Labute approximate surface area is 232 Å². The zero-order valence-corrected chi connectivity index (χ0v) is 24.8. The van der Waals surface area contributed by atoms with Gasteiger partial charge in [0.05, 0.1) is 6.10 Å². The van der Waals surface area contributed by atoms with Crippen LogP contribution < -0.4 is 11.5 Å². The third-order valence-electron chi connectivity index (χ3n) is 11.7. The molecule has 4 nitrogen and oxygen atoms in total. The third-order valence-corrected chi connectivity index (χ3v) is 11.7. The molecule has 1 aromatic rings. The van der Waals surface area contributed by atoms with E-state index in [9.17, 15) is 0 Å². The fourth-order valence-electron chi connectivity index (χ4n) is 9.76. The summed E-state index contributed by atoms with van der Waals surface area (Å²) in [5.41, 5.74) is 16.7. The highest BCUT2D eigenvalue weighted by Gasteiger charge is 2.59. The van der Waals surface area contributed by atoms with Gasteiger partial charge >= 0.3 is 0 Å². The first kappa shape index (κ1) is 28.0. The van der Waals surface area contributed by atoms with Gasteiger partial charge in [-0.05, 0) is 121 Å². The molecule has 38 heavy (non-hydrogen) atoms. The highest BCUT2D eigenvalue weighted by molar-refractivity contribution is 5.54. The summed E-state index contributed by atoms with van der Waals surface area (Å²) in [6.45, 7) is 13.0. The van der Waals surface area contributed by atoms with Gasteiger partial charge in [-0.1, -0.05) is 65.5 Å². The summed E-state index contributed by atoms with van der Waals surface area (Å²) >= 11 is 0. The van der Waals surface area contributed by atoms with Gasteiger partial charge in [-0.15, -0.1) is 0 Å². The molecule has 0 amide bonds. The topological polar surface area (TPSA) is 70.5 Å².